The molecule has 0 saturated heterocycles. The lowest BCUT2D eigenvalue weighted by Crippen LogP contribution is -2.50. The summed E-state index contributed by atoms with van der Waals surface area (Å²) in [4.78, 5) is 26.9. The highest BCUT2D eigenvalue weighted by Crippen LogP contribution is 2.24. The normalized spacial score (nSPS) is 12.2. The summed E-state index contributed by atoms with van der Waals surface area (Å²) in [5, 5.41) is 3.30. The number of carbonyl (C=O) groups is 2. The Balaban J connectivity index is 2.39. The van der Waals surface area contributed by atoms with E-state index in [0.717, 1.165) is 22.5 Å². The lowest BCUT2D eigenvalue weighted by Gasteiger charge is -2.31. The first-order valence-corrected chi connectivity index (χ1v) is 12.6. The molecule has 10 heteroatoms. The standard InChI is InChI=1S/C22H27Cl2N3O4S/c1-5-16-6-10-19(11-7-16)27(32(4,30)31)14-21(28)26(15(2)22(29)25-3)13-17-8-9-18(23)12-20(17)24/h6-12,15H,5,13-14H2,1-4H3,(H,25,29)/t15-/m0/s1. The summed E-state index contributed by atoms with van der Waals surface area (Å²) in [6.07, 6.45) is 1.84. The van der Waals surface area contributed by atoms with Crippen LogP contribution in [0.25, 0.3) is 0 Å². The number of sulfonamides is 1. The fraction of sp³-hybridized carbons (Fsp3) is 0.364. The second-order valence-electron chi connectivity index (χ2n) is 7.34. The first-order valence-electron chi connectivity index (χ1n) is 9.99. The van der Waals surface area contributed by atoms with Crippen LogP contribution in [0.15, 0.2) is 42.5 Å². The Labute approximate surface area is 199 Å². The summed E-state index contributed by atoms with van der Waals surface area (Å²) in [7, 11) is -2.30. The van der Waals surface area contributed by atoms with Crippen LogP contribution in [0.4, 0.5) is 5.69 Å². The van der Waals surface area contributed by atoms with Crippen molar-refractivity contribution in [3.63, 3.8) is 0 Å². The molecule has 0 heterocycles. The molecule has 0 fully saturated rings. The Kier molecular flexibility index (Phi) is 8.95. The number of nitrogens with one attached hydrogen (secondary N) is 1. The van der Waals surface area contributed by atoms with Gasteiger partial charge in [-0.3, -0.25) is 13.9 Å². The molecule has 0 aliphatic heterocycles. The van der Waals surface area contributed by atoms with Gasteiger partial charge < -0.3 is 10.2 Å². The second kappa shape index (κ2) is 11.0. The van der Waals surface area contributed by atoms with Crippen LogP contribution in [-0.2, 0) is 32.6 Å². The molecular formula is C22H27Cl2N3O4S. The number of carbonyl (C=O) groups excluding carboxylic acids is 2. The number of halogens is 2. The van der Waals surface area contributed by atoms with Crippen molar-refractivity contribution in [1.82, 2.24) is 10.2 Å². The predicted molar refractivity (Wildman–Crippen MR) is 129 cm³/mol. The average Bonchev–Trinajstić information content (AvgIpc) is 2.75. The molecule has 1 atom stereocenters. The molecule has 2 rings (SSSR count). The van der Waals surface area contributed by atoms with Crippen molar-refractivity contribution >= 4 is 50.7 Å². The number of anilines is 1. The maximum absolute atomic E-state index is 13.3. The van der Waals surface area contributed by atoms with Crippen LogP contribution < -0.4 is 9.62 Å². The van der Waals surface area contributed by atoms with Crippen molar-refractivity contribution in [3.8, 4) is 0 Å². The van der Waals surface area contributed by atoms with Gasteiger partial charge in [-0.2, -0.15) is 0 Å². The van der Waals surface area contributed by atoms with Crippen LogP contribution in [0.5, 0.6) is 0 Å². The SMILES string of the molecule is CCc1ccc(N(CC(=O)N(Cc2ccc(Cl)cc2Cl)[C@@H](C)C(=O)NC)S(C)(=O)=O)cc1. The number of hydrogen-bond acceptors (Lipinski definition) is 4. The summed E-state index contributed by atoms with van der Waals surface area (Å²) >= 11 is 12.2. The van der Waals surface area contributed by atoms with Crippen molar-refractivity contribution < 1.29 is 18.0 Å². The van der Waals surface area contributed by atoms with Crippen molar-refractivity contribution in [3.05, 3.63) is 63.6 Å². The van der Waals surface area contributed by atoms with E-state index >= 15 is 0 Å². The van der Waals surface area contributed by atoms with Crippen molar-refractivity contribution in [2.75, 3.05) is 24.2 Å². The monoisotopic (exact) mass is 499 g/mol. The van der Waals surface area contributed by atoms with Gasteiger partial charge in [0.15, 0.2) is 0 Å². The molecule has 32 heavy (non-hydrogen) atoms. The van der Waals surface area contributed by atoms with E-state index in [-0.39, 0.29) is 12.5 Å². The van der Waals surface area contributed by atoms with Gasteiger partial charge in [0.25, 0.3) is 0 Å². The highest BCUT2D eigenvalue weighted by atomic mass is 35.5. The maximum Gasteiger partial charge on any atom is 0.244 e. The number of likely N-dealkylation sites (N-methyl/N-ethyl adjacent to an activating group) is 1. The number of aryl methyl sites for hydroxylation is 1. The minimum atomic E-state index is -3.76. The number of nitrogens with zero attached hydrogens (tertiary/aromatic N) is 2. The van der Waals surface area contributed by atoms with E-state index in [4.69, 9.17) is 23.2 Å². The van der Waals surface area contributed by atoms with Gasteiger partial charge in [0.2, 0.25) is 21.8 Å². The van der Waals surface area contributed by atoms with E-state index in [1.54, 1.807) is 37.3 Å². The highest BCUT2D eigenvalue weighted by Gasteiger charge is 2.30. The number of benzene rings is 2. The fourth-order valence-corrected chi connectivity index (χ4v) is 4.45. The molecule has 2 aromatic carbocycles. The van der Waals surface area contributed by atoms with Gasteiger partial charge in [-0.25, -0.2) is 8.42 Å². The van der Waals surface area contributed by atoms with Gasteiger partial charge in [0, 0.05) is 23.6 Å². The largest absolute Gasteiger partial charge is 0.357 e. The summed E-state index contributed by atoms with van der Waals surface area (Å²) in [5.41, 5.74) is 1.99. The first kappa shape index (κ1) is 26.0. The van der Waals surface area contributed by atoms with Gasteiger partial charge >= 0.3 is 0 Å². The Hall–Kier alpha value is -2.29. The molecule has 0 spiro atoms. The maximum atomic E-state index is 13.3. The first-order chi connectivity index (χ1) is 15.0. The molecule has 0 aromatic heterocycles. The third kappa shape index (κ3) is 6.60. The molecule has 0 aliphatic rings. The van der Waals surface area contributed by atoms with E-state index in [0.29, 0.717) is 21.3 Å². The molecule has 7 nitrogen and oxygen atoms in total. The third-order valence-electron chi connectivity index (χ3n) is 5.08. The Morgan fingerprint density at radius 1 is 1.09 bits per heavy atom. The summed E-state index contributed by atoms with van der Waals surface area (Å²) < 4.78 is 26.0. The molecule has 2 amide bonds. The van der Waals surface area contributed by atoms with Crippen LogP contribution in [-0.4, -0.2) is 51.0 Å². The lowest BCUT2D eigenvalue weighted by atomic mass is 10.1. The van der Waals surface area contributed by atoms with Gasteiger partial charge in [-0.1, -0.05) is 48.3 Å². The summed E-state index contributed by atoms with van der Waals surface area (Å²) in [6.45, 7) is 3.11. The zero-order valence-electron chi connectivity index (χ0n) is 18.4. The van der Waals surface area contributed by atoms with Gasteiger partial charge in [0.1, 0.15) is 12.6 Å². The van der Waals surface area contributed by atoms with Crippen LogP contribution >= 0.6 is 23.2 Å². The van der Waals surface area contributed by atoms with Gasteiger partial charge in [0.05, 0.1) is 11.9 Å². The second-order valence-corrected chi connectivity index (χ2v) is 10.1. The Morgan fingerprint density at radius 2 is 1.72 bits per heavy atom. The topological polar surface area (TPSA) is 86.8 Å². The molecular weight excluding hydrogens is 473 g/mol. The molecule has 2 aromatic rings. The smallest absolute Gasteiger partial charge is 0.244 e. The van der Waals surface area contributed by atoms with Crippen LogP contribution in [0.3, 0.4) is 0 Å². The quantitative estimate of drug-likeness (QED) is 0.571. The minimum Gasteiger partial charge on any atom is -0.357 e. The van der Waals surface area contributed by atoms with Crippen LogP contribution in [0, 0.1) is 0 Å². The van der Waals surface area contributed by atoms with Gasteiger partial charge in [-0.05, 0) is 48.7 Å². The van der Waals surface area contributed by atoms with Crippen molar-refractivity contribution in [2.45, 2.75) is 32.9 Å². The zero-order valence-corrected chi connectivity index (χ0v) is 20.8. The third-order valence-corrected chi connectivity index (χ3v) is 6.81. The highest BCUT2D eigenvalue weighted by molar-refractivity contribution is 7.92. The van der Waals surface area contributed by atoms with E-state index in [1.165, 1.54) is 11.9 Å². The zero-order chi connectivity index (χ0) is 24.1. The van der Waals surface area contributed by atoms with Gasteiger partial charge in [-0.15, -0.1) is 0 Å². The van der Waals surface area contributed by atoms with E-state index in [9.17, 15) is 18.0 Å². The Morgan fingerprint density at radius 3 is 2.22 bits per heavy atom. The molecule has 0 bridgehead atoms. The average molecular weight is 500 g/mol. The predicted octanol–water partition coefficient (Wildman–Crippen LogP) is 3.49. The summed E-state index contributed by atoms with van der Waals surface area (Å²) in [5.74, 6) is -0.932. The van der Waals surface area contributed by atoms with Crippen LogP contribution in [0.2, 0.25) is 10.0 Å². The van der Waals surface area contributed by atoms with E-state index < -0.39 is 28.5 Å². The molecule has 0 radical (unpaired) electrons. The fourth-order valence-electron chi connectivity index (χ4n) is 3.14. The van der Waals surface area contributed by atoms with E-state index in [2.05, 4.69) is 5.32 Å². The number of hydrogen-bond donors (Lipinski definition) is 1. The molecule has 174 valence electrons. The molecule has 1 N–H and O–H groups in total. The van der Waals surface area contributed by atoms with Crippen molar-refractivity contribution in [1.29, 1.82) is 0 Å². The lowest BCUT2D eigenvalue weighted by molar-refractivity contribution is -0.139. The minimum absolute atomic E-state index is 0.00972. The number of amides is 2. The molecule has 0 unspecified atom stereocenters. The summed E-state index contributed by atoms with van der Waals surface area (Å²) in [6, 6.07) is 10.9. The molecule has 0 saturated carbocycles. The Bertz CT molecular complexity index is 1080. The van der Waals surface area contributed by atoms with E-state index in [1.807, 2.05) is 19.1 Å². The molecule has 0 aliphatic carbocycles. The van der Waals surface area contributed by atoms with Crippen molar-refractivity contribution in [2.24, 2.45) is 0 Å². The number of rotatable bonds is 9. The van der Waals surface area contributed by atoms with Crippen LogP contribution in [0.1, 0.15) is 25.0 Å².